The molecule has 3 heteroatoms. The Hall–Kier alpha value is -1.37. The van der Waals surface area contributed by atoms with E-state index in [1.54, 1.807) is 7.11 Å². The largest absolute Gasteiger partial charge is 0.380 e. The van der Waals surface area contributed by atoms with Crippen LogP contribution in [0, 0.1) is 11.3 Å². The molecule has 0 bridgehead atoms. The lowest BCUT2D eigenvalue weighted by atomic mass is 10.1. The maximum atomic E-state index is 8.75. The number of methoxy groups -OCH3 is 2. The quantitative estimate of drug-likeness (QED) is 0.731. The highest BCUT2D eigenvalue weighted by Crippen LogP contribution is 2.16. The highest BCUT2D eigenvalue weighted by atomic mass is 16.5. The van der Waals surface area contributed by atoms with E-state index in [0.29, 0.717) is 6.61 Å². The maximum absolute atomic E-state index is 8.75. The first-order valence-electron chi connectivity index (χ1n) is 4.32. The molecule has 0 aromatic heterocycles. The number of rotatable bonds is 4. The van der Waals surface area contributed by atoms with Crippen LogP contribution in [-0.4, -0.2) is 14.2 Å². The van der Waals surface area contributed by atoms with Crippen LogP contribution in [0.2, 0.25) is 0 Å². The van der Waals surface area contributed by atoms with E-state index in [4.69, 9.17) is 14.7 Å². The molecule has 1 atom stereocenters. The zero-order valence-electron chi connectivity index (χ0n) is 8.36. The third-order valence-corrected chi connectivity index (χ3v) is 1.95. The summed E-state index contributed by atoms with van der Waals surface area (Å²) in [6, 6.07) is 9.69. The summed E-state index contributed by atoms with van der Waals surface area (Å²) < 4.78 is 9.98. The third-order valence-electron chi connectivity index (χ3n) is 1.95. The molecule has 0 amide bonds. The molecule has 0 heterocycles. The predicted molar refractivity (Wildman–Crippen MR) is 52.5 cm³/mol. The minimum atomic E-state index is -0.480. The van der Waals surface area contributed by atoms with Gasteiger partial charge in [0.2, 0.25) is 0 Å². The van der Waals surface area contributed by atoms with Gasteiger partial charge >= 0.3 is 0 Å². The summed E-state index contributed by atoms with van der Waals surface area (Å²) in [6.45, 7) is 0.588. The van der Waals surface area contributed by atoms with Gasteiger partial charge in [-0.05, 0) is 11.1 Å². The normalized spacial score (nSPS) is 12.1. The van der Waals surface area contributed by atoms with E-state index in [-0.39, 0.29) is 0 Å². The predicted octanol–water partition coefficient (Wildman–Crippen LogP) is 2.04. The SMILES string of the molecule is COCc1ccc(C(C#N)OC)cc1. The van der Waals surface area contributed by atoms with Crippen LogP contribution < -0.4 is 0 Å². The van der Waals surface area contributed by atoms with Gasteiger partial charge in [0.1, 0.15) is 0 Å². The van der Waals surface area contributed by atoms with E-state index in [2.05, 4.69) is 6.07 Å². The van der Waals surface area contributed by atoms with Crippen LogP contribution in [0.25, 0.3) is 0 Å². The molecule has 0 radical (unpaired) electrons. The lowest BCUT2D eigenvalue weighted by Gasteiger charge is -2.07. The summed E-state index contributed by atoms with van der Waals surface area (Å²) in [5.74, 6) is 0. The molecular formula is C11H13NO2. The highest BCUT2D eigenvalue weighted by molar-refractivity contribution is 5.26. The summed E-state index contributed by atoms with van der Waals surface area (Å²) >= 11 is 0. The van der Waals surface area contributed by atoms with Crippen molar-refractivity contribution >= 4 is 0 Å². The first kappa shape index (κ1) is 10.7. The van der Waals surface area contributed by atoms with E-state index in [9.17, 15) is 0 Å². The molecule has 0 saturated carbocycles. The molecule has 1 unspecified atom stereocenters. The second kappa shape index (κ2) is 5.38. The Bertz CT molecular complexity index is 313. The van der Waals surface area contributed by atoms with E-state index in [0.717, 1.165) is 11.1 Å². The zero-order valence-corrected chi connectivity index (χ0v) is 8.36. The van der Waals surface area contributed by atoms with Gasteiger partial charge < -0.3 is 9.47 Å². The van der Waals surface area contributed by atoms with Gasteiger partial charge in [-0.1, -0.05) is 24.3 Å². The molecule has 0 aliphatic heterocycles. The molecule has 0 spiro atoms. The molecule has 74 valence electrons. The van der Waals surface area contributed by atoms with Crippen molar-refractivity contribution in [1.82, 2.24) is 0 Å². The van der Waals surface area contributed by atoms with Crippen molar-refractivity contribution < 1.29 is 9.47 Å². The fraction of sp³-hybridized carbons (Fsp3) is 0.364. The third kappa shape index (κ3) is 2.56. The van der Waals surface area contributed by atoms with Crippen molar-refractivity contribution in [2.45, 2.75) is 12.7 Å². The Morgan fingerprint density at radius 2 is 1.93 bits per heavy atom. The second-order valence-electron chi connectivity index (χ2n) is 2.92. The lowest BCUT2D eigenvalue weighted by molar-refractivity contribution is 0.148. The fourth-order valence-electron chi connectivity index (χ4n) is 1.22. The zero-order chi connectivity index (χ0) is 10.4. The first-order chi connectivity index (χ1) is 6.81. The van der Waals surface area contributed by atoms with E-state index in [1.165, 1.54) is 7.11 Å². The van der Waals surface area contributed by atoms with Gasteiger partial charge in [-0.25, -0.2) is 0 Å². The number of hydrogen-bond donors (Lipinski definition) is 0. The first-order valence-corrected chi connectivity index (χ1v) is 4.32. The van der Waals surface area contributed by atoms with E-state index >= 15 is 0 Å². The van der Waals surface area contributed by atoms with Crippen LogP contribution in [0.5, 0.6) is 0 Å². The molecule has 0 N–H and O–H groups in total. The van der Waals surface area contributed by atoms with Crippen molar-refractivity contribution in [2.24, 2.45) is 0 Å². The minimum absolute atomic E-state index is 0.480. The second-order valence-corrected chi connectivity index (χ2v) is 2.92. The van der Waals surface area contributed by atoms with Crippen LogP contribution >= 0.6 is 0 Å². The number of ether oxygens (including phenoxy) is 2. The molecule has 0 saturated heterocycles. The number of benzene rings is 1. The smallest absolute Gasteiger partial charge is 0.168 e. The Morgan fingerprint density at radius 3 is 2.36 bits per heavy atom. The van der Waals surface area contributed by atoms with Crippen LogP contribution in [0.15, 0.2) is 24.3 Å². The fourth-order valence-corrected chi connectivity index (χ4v) is 1.22. The van der Waals surface area contributed by atoms with Gasteiger partial charge in [-0.3, -0.25) is 0 Å². The molecular weight excluding hydrogens is 178 g/mol. The Morgan fingerprint density at radius 1 is 1.29 bits per heavy atom. The van der Waals surface area contributed by atoms with Crippen LogP contribution in [-0.2, 0) is 16.1 Å². The average Bonchev–Trinajstić information content (AvgIpc) is 2.23. The molecule has 0 aliphatic carbocycles. The van der Waals surface area contributed by atoms with Crippen molar-refractivity contribution in [3.05, 3.63) is 35.4 Å². The van der Waals surface area contributed by atoms with Crippen molar-refractivity contribution in [2.75, 3.05) is 14.2 Å². The lowest BCUT2D eigenvalue weighted by Crippen LogP contribution is -1.98. The van der Waals surface area contributed by atoms with Gasteiger partial charge in [0, 0.05) is 14.2 Å². The van der Waals surface area contributed by atoms with E-state index in [1.807, 2.05) is 24.3 Å². The van der Waals surface area contributed by atoms with Crippen molar-refractivity contribution in [3.8, 4) is 6.07 Å². The molecule has 1 aromatic carbocycles. The van der Waals surface area contributed by atoms with Gasteiger partial charge in [0.15, 0.2) is 6.10 Å². The van der Waals surface area contributed by atoms with Gasteiger partial charge in [-0.15, -0.1) is 0 Å². The van der Waals surface area contributed by atoms with Gasteiger partial charge in [0.25, 0.3) is 0 Å². The number of hydrogen-bond acceptors (Lipinski definition) is 3. The molecule has 14 heavy (non-hydrogen) atoms. The van der Waals surface area contributed by atoms with Crippen molar-refractivity contribution in [1.29, 1.82) is 5.26 Å². The minimum Gasteiger partial charge on any atom is -0.380 e. The van der Waals surface area contributed by atoms with Crippen molar-refractivity contribution in [3.63, 3.8) is 0 Å². The monoisotopic (exact) mass is 191 g/mol. The standard InChI is InChI=1S/C11H13NO2/c1-13-8-9-3-5-10(6-4-9)11(7-12)14-2/h3-6,11H,8H2,1-2H3. The maximum Gasteiger partial charge on any atom is 0.168 e. The van der Waals surface area contributed by atoms with Crippen LogP contribution in [0.4, 0.5) is 0 Å². The summed E-state index contributed by atoms with van der Waals surface area (Å²) in [5, 5.41) is 8.75. The summed E-state index contributed by atoms with van der Waals surface area (Å²) in [7, 11) is 3.18. The van der Waals surface area contributed by atoms with E-state index < -0.39 is 6.10 Å². The molecule has 1 aromatic rings. The topological polar surface area (TPSA) is 42.2 Å². The van der Waals surface area contributed by atoms with Gasteiger partial charge in [-0.2, -0.15) is 5.26 Å². The average molecular weight is 191 g/mol. The molecule has 3 nitrogen and oxygen atoms in total. The van der Waals surface area contributed by atoms with Crippen LogP contribution in [0.3, 0.4) is 0 Å². The van der Waals surface area contributed by atoms with Gasteiger partial charge in [0.05, 0.1) is 12.7 Å². The summed E-state index contributed by atoms with van der Waals surface area (Å²) in [5.41, 5.74) is 1.96. The summed E-state index contributed by atoms with van der Waals surface area (Å²) in [6.07, 6.45) is -0.480. The van der Waals surface area contributed by atoms with Crippen LogP contribution in [0.1, 0.15) is 17.2 Å². The Kier molecular flexibility index (Phi) is 4.11. The molecule has 0 fully saturated rings. The number of nitriles is 1. The number of nitrogens with zero attached hydrogens (tertiary/aromatic N) is 1. The molecule has 1 rings (SSSR count). The Labute approximate surface area is 83.9 Å². The summed E-state index contributed by atoms with van der Waals surface area (Å²) in [4.78, 5) is 0. The highest BCUT2D eigenvalue weighted by Gasteiger charge is 2.07. The Balaban J connectivity index is 2.77. The molecule has 0 aliphatic rings.